The number of unbranched alkanes of at least 4 members (excludes halogenated alkanes) is 62. The summed E-state index contributed by atoms with van der Waals surface area (Å²) in [5.74, 6) is 1.50. The zero-order valence-corrected chi connectivity index (χ0v) is 61.3. The molecule has 0 aromatic heterocycles. The number of aliphatic hydroxyl groups excluding tert-OH is 1. The van der Waals surface area contributed by atoms with Gasteiger partial charge in [0.15, 0.2) is 0 Å². The number of hydrogen-bond acceptors (Lipinski definition) is 3. The minimum absolute atomic E-state index is 0.471. The molecule has 0 spiro atoms. The molecule has 6 atom stereocenters. The smallest absolute Gasteiger partial charge is 0.309 e. The molecule has 0 aromatic carbocycles. The van der Waals surface area contributed by atoms with Gasteiger partial charge in [-0.2, -0.15) is 0 Å². The molecule has 0 aliphatic heterocycles. The molecule has 4 heteroatoms. The molecule has 1 saturated carbocycles. The van der Waals surface area contributed by atoms with Gasteiger partial charge in [0.2, 0.25) is 0 Å². The molecular formula is C84H166O4. The Balaban J connectivity index is 1.76. The summed E-state index contributed by atoms with van der Waals surface area (Å²) in [5.41, 5.74) is 0. The second kappa shape index (κ2) is 70.7. The number of methoxy groups -OCH3 is 1. The topological polar surface area (TPSA) is 66.8 Å². The molecule has 1 aliphatic carbocycles. The normalized spacial score (nSPS) is 15.6. The highest BCUT2D eigenvalue weighted by atomic mass is 16.5. The minimum atomic E-state index is -0.798. The van der Waals surface area contributed by atoms with Crippen LogP contribution in [0.25, 0.3) is 0 Å². The third kappa shape index (κ3) is 61.6. The first-order valence-corrected chi connectivity index (χ1v) is 41.9. The van der Waals surface area contributed by atoms with Crippen molar-refractivity contribution in [2.75, 3.05) is 7.11 Å². The molecular weight excluding hydrogens is 1070 g/mol. The van der Waals surface area contributed by atoms with Crippen LogP contribution in [0.4, 0.5) is 0 Å². The van der Waals surface area contributed by atoms with Gasteiger partial charge in [-0.3, -0.25) is 4.79 Å². The summed E-state index contributed by atoms with van der Waals surface area (Å²) >= 11 is 0. The largest absolute Gasteiger partial charge is 0.481 e. The van der Waals surface area contributed by atoms with Crippen molar-refractivity contribution in [1.82, 2.24) is 0 Å². The molecule has 2 N–H and O–H groups in total. The molecule has 0 radical (unpaired) electrons. The Morgan fingerprint density at radius 3 is 0.750 bits per heavy atom. The van der Waals surface area contributed by atoms with Crippen molar-refractivity contribution in [3.05, 3.63) is 0 Å². The van der Waals surface area contributed by atoms with E-state index >= 15 is 0 Å². The van der Waals surface area contributed by atoms with Crippen molar-refractivity contribution in [2.24, 2.45) is 23.7 Å². The maximum Gasteiger partial charge on any atom is 0.309 e. The number of ether oxygens (including phenoxy) is 1. The number of carbonyl (C=O) groups is 1. The van der Waals surface area contributed by atoms with Crippen molar-refractivity contribution < 1.29 is 19.7 Å². The summed E-state index contributed by atoms with van der Waals surface area (Å²) in [6.07, 6.45) is 101. The first kappa shape index (κ1) is 85.4. The predicted molar refractivity (Wildman–Crippen MR) is 392 cm³/mol. The van der Waals surface area contributed by atoms with Crippen molar-refractivity contribution in [3.8, 4) is 0 Å². The lowest BCUT2D eigenvalue weighted by Gasteiger charge is -2.22. The maximum absolute atomic E-state index is 12.0. The van der Waals surface area contributed by atoms with E-state index in [2.05, 4.69) is 20.8 Å². The van der Waals surface area contributed by atoms with Crippen LogP contribution in [0.3, 0.4) is 0 Å². The molecule has 0 heterocycles. The van der Waals surface area contributed by atoms with Gasteiger partial charge in [-0.05, 0) is 49.9 Å². The monoisotopic (exact) mass is 1240 g/mol. The van der Waals surface area contributed by atoms with E-state index < -0.39 is 18.0 Å². The van der Waals surface area contributed by atoms with Gasteiger partial charge in [-0.15, -0.1) is 0 Å². The van der Waals surface area contributed by atoms with E-state index in [1.165, 1.54) is 424 Å². The Bertz CT molecular complexity index is 1320. The molecule has 1 aliphatic rings. The van der Waals surface area contributed by atoms with Crippen LogP contribution in [-0.2, 0) is 9.53 Å². The highest BCUT2D eigenvalue weighted by molar-refractivity contribution is 5.70. The lowest BCUT2D eigenvalue weighted by Crippen LogP contribution is -2.28. The van der Waals surface area contributed by atoms with Gasteiger partial charge in [-0.1, -0.05) is 457 Å². The van der Waals surface area contributed by atoms with Crippen molar-refractivity contribution in [2.45, 2.75) is 502 Å². The number of carboxylic acid groups (broad SMARTS) is 1. The highest BCUT2D eigenvalue weighted by Gasteiger charge is 2.35. The molecule has 0 bridgehead atoms. The van der Waals surface area contributed by atoms with Gasteiger partial charge in [-0.25, -0.2) is 0 Å². The number of rotatable bonds is 78. The van der Waals surface area contributed by atoms with E-state index in [0.717, 1.165) is 37.5 Å². The first-order chi connectivity index (χ1) is 43.4. The second-order valence-electron chi connectivity index (χ2n) is 30.4. The van der Waals surface area contributed by atoms with Crippen LogP contribution >= 0.6 is 0 Å². The van der Waals surface area contributed by atoms with Crippen LogP contribution in [0.1, 0.15) is 489 Å². The van der Waals surface area contributed by atoms with Crippen LogP contribution in [0.2, 0.25) is 0 Å². The maximum atomic E-state index is 12.0. The minimum Gasteiger partial charge on any atom is -0.481 e. The zero-order chi connectivity index (χ0) is 63.4. The molecule has 0 unspecified atom stereocenters. The van der Waals surface area contributed by atoms with Crippen molar-refractivity contribution >= 4 is 5.97 Å². The number of hydrogen-bond donors (Lipinski definition) is 2. The Labute approximate surface area is 555 Å². The number of aliphatic carboxylic acids is 1. The zero-order valence-electron chi connectivity index (χ0n) is 61.3. The molecule has 4 nitrogen and oxygen atoms in total. The first-order valence-electron chi connectivity index (χ1n) is 41.9. The van der Waals surface area contributed by atoms with Gasteiger partial charge in [0.05, 0.1) is 18.1 Å². The lowest BCUT2D eigenvalue weighted by atomic mass is 9.91. The molecule has 526 valence electrons. The summed E-state index contributed by atoms with van der Waals surface area (Å²) in [4.78, 5) is 12.0. The van der Waals surface area contributed by atoms with E-state index in [1.54, 1.807) is 6.42 Å². The van der Waals surface area contributed by atoms with E-state index in [0.29, 0.717) is 24.9 Å². The van der Waals surface area contributed by atoms with Crippen LogP contribution in [0.5, 0.6) is 0 Å². The summed E-state index contributed by atoms with van der Waals surface area (Å²) < 4.78 is 5.98. The fraction of sp³-hybridized carbons (Fsp3) is 0.988. The Hall–Kier alpha value is -0.610. The second-order valence-corrected chi connectivity index (χ2v) is 30.4. The Morgan fingerprint density at radius 2 is 0.511 bits per heavy atom. The van der Waals surface area contributed by atoms with Gasteiger partial charge in [0, 0.05) is 7.11 Å². The third-order valence-electron chi connectivity index (χ3n) is 21.8. The van der Waals surface area contributed by atoms with Crippen molar-refractivity contribution in [3.63, 3.8) is 0 Å². The van der Waals surface area contributed by atoms with Crippen LogP contribution in [0.15, 0.2) is 0 Å². The van der Waals surface area contributed by atoms with Crippen LogP contribution < -0.4 is 0 Å². The van der Waals surface area contributed by atoms with Crippen LogP contribution in [-0.4, -0.2) is 35.5 Å². The van der Waals surface area contributed by atoms with Crippen molar-refractivity contribution in [1.29, 1.82) is 0 Å². The van der Waals surface area contributed by atoms with Gasteiger partial charge in [0.25, 0.3) is 0 Å². The third-order valence-corrected chi connectivity index (χ3v) is 21.8. The molecule has 0 aromatic rings. The predicted octanol–water partition coefficient (Wildman–Crippen LogP) is 29.5. The van der Waals surface area contributed by atoms with Gasteiger partial charge >= 0.3 is 5.97 Å². The summed E-state index contributed by atoms with van der Waals surface area (Å²) in [6.45, 7) is 7.06. The van der Waals surface area contributed by atoms with Gasteiger partial charge in [0.1, 0.15) is 0 Å². The summed E-state index contributed by atoms with van der Waals surface area (Å²) in [7, 11) is 1.96. The fourth-order valence-corrected chi connectivity index (χ4v) is 15.3. The van der Waals surface area contributed by atoms with E-state index in [4.69, 9.17) is 4.74 Å². The molecule has 1 rings (SSSR count). The number of aliphatic hydroxyl groups is 1. The summed E-state index contributed by atoms with van der Waals surface area (Å²) in [6, 6.07) is 0. The van der Waals surface area contributed by atoms with Gasteiger partial charge < -0.3 is 14.9 Å². The fourth-order valence-electron chi connectivity index (χ4n) is 15.3. The standard InChI is InChI=1S/C84H166O4/c1-5-7-9-11-13-15-17-19-21-23-24-25-26-27-31-38-44-50-56-62-68-74-81(84(86)87)82(85)75-69-63-57-51-45-39-32-28-30-36-42-48-54-60-66-72-79-77-80(79)73-67-61-55-49-43-37-33-34-40-46-52-58-64-70-76-83(88-4)78(3)71-65-59-53-47-41-35-29-22-20-18-16-14-12-10-8-6-2/h78-83,85H,5-77H2,1-4H3,(H,86,87)/t78-,79+,80-,81+,82+,83-/m0/s1. The highest BCUT2D eigenvalue weighted by Crippen LogP contribution is 2.46. The van der Waals surface area contributed by atoms with Crippen LogP contribution in [0, 0.1) is 23.7 Å². The number of carboxylic acids is 1. The molecule has 1 fully saturated rings. The van der Waals surface area contributed by atoms with E-state index in [9.17, 15) is 15.0 Å². The average Bonchev–Trinajstić information content (AvgIpc) is 4.50. The summed E-state index contributed by atoms with van der Waals surface area (Å²) in [5, 5.41) is 20.6. The molecule has 0 saturated heterocycles. The Kier molecular flexibility index (Phi) is 68.6. The molecule has 0 amide bonds. The molecule has 88 heavy (non-hydrogen) atoms. The average molecular weight is 1240 g/mol. The van der Waals surface area contributed by atoms with E-state index in [1.807, 2.05) is 7.11 Å². The Morgan fingerprint density at radius 1 is 0.307 bits per heavy atom. The quantitative estimate of drug-likeness (QED) is 0.0596. The van der Waals surface area contributed by atoms with E-state index in [-0.39, 0.29) is 0 Å². The SMILES string of the molecule is CCCCCCCCCCCCCCCCCCCCCCC[C@@H](C(=O)O)[C@H](O)CCCCCCCCCCCCCCCCC[C@@H]1C[C@@H]1CCCCCCCCCCCCCCCC[C@H](OC)[C@@H](C)CCCCCCCCCCCCCCCCCC. The lowest BCUT2D eigenvalue weighted by molar-refractivity contribution is -0.146.